The topological polar surface area (TPSA) is 38.0 Å². The van der Waals surface area contributed by atoms with E-state index in [1.54, 1.807) is 24.3 Å². The van der Waals surface area contributed by atoms with Crippen molar-refractivity contribution in [2.75, 3.05) is 38.0 Å². The van der Waals surface area contributed by atoms with E-state index in [0.29, 0.717) is 28.9 Å². The van der Waals surface area contributed by atoms with Gasteiger partial charge in [-0.3, -0.25) is 4.79 Å². The zero-order chi connectivity index (χ0) is 19.9. The molecule has 2 aromatic rings. The average molecular weight is 408 g/mol. The summed E-state index contributed by atoms with van der Waals surface area (Å²) in [6.45, 7) is 7.40. The summed E-state index contributed by atoms with van der Waals surface area (Å²) in [5.41, 5.74) is 3.09. The maximum absolute atomic E-state index is 12.7. The molecule has 7 heteroatoms. The lowest BCUT2D eigenvalue weighted by Gasteiger charge is -2.29. The SMILES string of the molecule is Cc1cccc(C[NH+]2CC[NH+](CC(=O)Nc3ccccc3SC(F)F)CC2)c1. The van der Waals surface area contributed by atoms with Crippen molar-refractivity contribution in [3.8, 4) is 0 Å². The number of halogens is 2. The first kappa shape index (κ1) is 20.8. The Hall–Kier alpha value is -1.96. The van der Waals surface area contributed by atoms with E-state index in [0.717, 1.165) is 32.7 Å². The molecule has 1 aliphatic heterocycles. The Bertz CT molecular complexity index is 795. The predicted molar refractivity (Wildman–Crippen MR) is 108 cm³/mol. The van der Waals surface area contributed by atoms with Crippen LogP contribution < -0.4 is 15.1 Å². The second kappa shape index (κ2) is 10.0. The normalized spacial score (nSPS) is 19.6. The number of nitrogens with one attached hydrogen (secondary N) is 3. The van der Waals surface area contributed by atoms with Crippen LogP contribution in [-0.2, 0) is 11.3 Å². The fraction of sp³-hybridized carbons (Fsp3) is 0.381. The minimum Gasteiger partial charge on any atom is -0.322 e. The molecule has 0 radical (unpaired) electrons. The Balaban J connectivity index is 1.46. The van der Waals surface area contributed by atoms with Crippen molar-refractivity contribution in [3.05, 3.63) is 59.7 Å². The highest BCUT2D eigenvalue weighted by Gasteiger charge is 2.25. The number of benzene rings is 2. The third-order valence-electron chi connectivity index (χ3n) is 4.99. The highest BCUT2D eigenvalue weighted by Crippen LogP contribution is 2.31. The molecule has 0 unspecified atom stereocenters. The van der Waals surface area contributed by atoms with Crippen LogP contribution in [0.2, 0.25) is 0 Å². The number of rotatable bonds is 7. The molecular formula is C21H27F2N3OS+2. The van der Waals surface area contributed by atoms with E-state index in [-0.39, 0.29) is 5.91 Å². The first-order chi connectivity index (χ1) is 13.5. The molecular weight excluding hydrogens is 380 g/mol. The summed E-state index contributed by atoms with van der Waals surface area (Å²) in [6.07, 6.45) is 0. The Morgan fingerprint density at radius 2 is 1.79 bits per heavy atom. The average Bonchev–Trinajstić information content (AvgIpc) is 2.65. The molecule has 2 aromatic carbocycles. The maximum atomic E-state index is 12.7. The van der Waals surface area contributed by atoms with Crippen LogP contribution in [0.5, 0.6) is 0 Å². The zero-order valence-electron chi connectivity index (χ0n) is 16.0. The lowest BCUT2D eigenvalue weighted by Crippen LogP contribution is -3.28. The van der Waals surface area contributed by atoms with Crippen LogP contribution >= 0.6 is 11.8 Å². The minimum absolute atomic E-state index is 0.126. The number of hydrogen-bond acceptors (Lipinski definition) is 2. The van der Waals surface area contributed by atoms with Crippen molar-refractivity contribution in [1.82, 2.24) is 0 Å². The first-order valence-corrected chi connectivity index (χ1v) is 10.4. The number of para-hydroxylation sites is 1. The van der Waals surface area contributed by atoms with E-state index in [1.807, 2.05) is 0 Å². The molecule has 1 amide bonds. The van der Waals surface area contributed by atoms with Gasteiger partial charge in [0.15, 0.2) is 6.54 Å². The minimum atomic E-state index is -2.51. The van der Waals surface area contributed by atoms with Gasteiger partial charge in [-0.25, -0.2) is 0 Å². The third kappa shape index (κ3) is 6.29. The molecule has 1 saturated heterocycles. The van der Waals surface area contributed by atoms with Gasteiger partial charge in [-0.2, -0.15) is 8.78 Å². The van der Waals surface area contributed by atoms with Gasteiger partial charge in [0.1, 0.15) is 32.7 Å². The largest absolute Gasteiger partial charge is 0.322 e. The smallest absolute Gasteiger partial charge is 0.288 e. The van der Waals surface area contributed by atoms with Crippen molar-refractivity contribution in [2.45, 2.75) is 24.1 Å². The molecule has 1 heterocycles. The van der Waals surface area contributed by atoms with E-state index >= 15 is 0 Å². The van der Waals surface area contributed by atoms with Crippen molar-refractivity contribution in [2.24, 2.45) is 0 Å². The molecule has 1 aliphatic rings. The van der Waals surface area contributed by atoms with Gasteiger partial charge in [-0.05, 0) is 19.1 Å². The van der Waals surface area contributed by atoms with Crippen LogP contribution in [0.25, 0.3) is 0 Å². The number of alkyl halides is 2. The standard InChI is InChI=1S/C21H25F2N3OS/c1-16-5-4-6-17(13-16)14-25-9-11-26(12-10-25)15-20(27)24-18-7-2-3-8-19(18)28-21(22)23/h2-8,13,21H,9-12,14-15H2,1H3,(H,24,27)/p+2. The fourth-order valence-corrected chi connectivity index (χ4v) is 4.21. The molecule has 1 fully saturated rings. The predicted octanol–water partition coefficient (Wildman–Crippen LogP) is 1.23. The molecule has 0 saturated carbocycles. The number of thioether (sulfide) groups is 1. The second-order valence-corrected chi connectivity index (χ2v) is 8.30. The van der Waals surface area contributed by atoms with Crippen molar-refractivity contribution in [3.63, 3.8) is 0 Å². The van der Waals surface area contributed by atoms with Gasteiger partial charge in [0.25, 0.3) is 11.7 Å². The van der Waals surface area contributed by atoms with Gasteiger partial charge < -0.3 is 15.1 Å². The number of anilines is 1. The summed E-state index contributed by atoms with van der Waals surface area (Å²) >= 11 is 0.457. The van der Waals surface area contributed by atoms with Crippen LogP contribution in [0.1, 0.15) is 11.1 Å². The second-order valence-electron chi connectivity index (χ2n) is 7.27. The lowest BCUT2D eigenvalue weighted by atomic mass is 10.1. The Labute approximate surface area is 168 Å². The number of carbonyl (C=O) groups is 1. The fourth-order valence-electron chi connectivity index (χ4n) is 3.61. The summed E-state index contributed by atoms with van der Waals surface area (Å²) in [6, 6.07) is 15.3. The first-order valence-electron chi connectivity index (χ1n) is 9.56. The Morgan fingerprint density at radius 1 is 1.07 bits per heavy atom. The molecule has 0 atom stereocenters. The highest BCUT2D eigenvalue weighted by molar-refractivity contribution is 7.99. The summed E-state index contributed by atoms with van der Waals surface area (Å²) < 4.78 is 25.3. The molecule has 150 valence electrons. The van der Waals surface area contributed by atoms with Crippen molar-refractivity contribution >= 4 is 23.4 Å². The number of hydrogen-bond donors (Lipinski definition) is 3. The van der Waals surface area contributed by atoms with Gasteiger partial charge >= 0.3 is 0 Å². The Kier molecular flexibility index (Phi) is 7.42. The molecule has 28 heavy (non-hydrogen) atoms. The van der Waals surface area contributed by atoms with Crippen molar-refractivity contribution in [1.29, 1.82) is 0 Å². The molecule has 4 nitrogen and oxygen atoms in total. The monoisotopic (exact) mass is 407 g/mol. The number of amides is 1. The summed E-state index contributed by atoms with van der Waals surface area (Å²) in [5.74, 6) is -2.63. The quantitative estimate of drug-likeness (QED) is 0.604. The number of quaternary nitrogens is 2. The molecule has 3 rings (SSSR count). The lowest BCUT2D eigenvalue weighted by molar-refractivity contribution is -1.02. The Morgan fingerprint density at radius 3 is 2.50 bits per heavy atom. The van der Waals surface area contributed by atoms with E-state index in [2.05, 4.69) is 36.5 Å². The van der Waals surface area contributed by atoms with Gasteiger partial charge in [0, 0.05) is 10.5 Å². The van der Waals surface area contributed by atoms with Gasteiger partial charge in [-0.1, -0.05) is 53.7 Å². The summed E-state index contributed by atoms with van der Waals surface area (Å²) in [5, 5.41) is 2.80. The van der Waals surface area contributed by atoms with Crippen LogP contribution in [-0.4, -0.2) is 44.4 Å². The third-order valence-corrected chi connectivity index (χ3v) is 5.78. The van der Waals surface area contributed by atoms with Gasteiger partial charge in [0.2, 0.25) is 0 Å². The van der Waals surface area contributed by atoms with E-state index in [4.69, 9.17) is 0 Å². The molecule has 0 bridgehead atoms. The zero-order valence-corrected chi connectivity index (χ0v) is 16.8. The van der Waals surface area contributed by atoms with E-state index in [1.165, 1.54) is 20.9 Å². The van der Waals surface area contributed by atoms with Crippen LogP contribution in [0.3, 0.4) is 0 Å². The molecule has 0 spiro atoms. The maximum Gasteiger partial charge on any atom is 0.288 e. The number of carbonyl (C=O) groups excluding carboxylic acids is 1. The molecule has 0 aromatic heterocycles. The van der Waals surface area contributed by atoms with Gasteiger partial charge in [-0.15, -0.1) is 0 Å². The van der Waals surface area contributed by atoms with Crippen LogP contribution in [0, 0.1) is 6.92 Å². The molecule has 0 aliphatic carbocycles. The molecule has 3 N–H and O–H groups in total. The van der Waals surface area contributed by atoms with Crippen LogP contribution in [0.4, 0.5) is 14.5 Å². The van der Waals surface area contributed by atoms with E-state index in [9.17, 15) is 13.6 Å². The van der Waals surface area contributed by atoms with Gasteiger partial charge in [0.05, 0.1) is 5.69 Å². The number of piperazine rings is 1. The number of aryl methyl sites for hydroxylation is 1. The summed E-state index contributed by atoms with van der Waals surface area (Å²) in [4.78, 5) is 15.6. The van der Waals surface area contributed by atoms with Crippen molar-refractivity contribution < 1.29 is 23.4 Å². The van der Waals surface area contributed by atoms with E-state index < -0.39 is 5.76 Å². The summed E-state index contributed by atoms with van der Waals surface area (Å²) in [7, 11) is 0. The highest BCUT2D eigenvalue weighted by atomic mass is 32.2. The van der Waals surface area contributed by atoms with Crippen LogP contribution in [0.15, 0.2) is 53.4 Å².